The summed E-state index contributed by atoms with van der Waals surface area (Å²) in [4.78, 5) is 13.0. The first-order valence-corrected chi connectivity index (χ1v) is 7.17. The minimum Gasteiger partial charge on any atom is -0.350 e. The van der Waals surface area contributed by atoms with Crippen LogP contribution in [0.4, 0.5) is 0 Å². The summed E-state index contributed by atoms with van der Waals surface area (Å²) >= 11 is 6.00. The van der Waals surface area contributed by atoms with E-state index in [1.807, 2.05) is 47.8 Å². The maximum atomic E-state index is 11.9. The number of thiol groups is 1. The number of rotatable bonds is 5. The van der Waals surface area contributed by atoms with Crippen LogP contribution in [0.25, 0.3) is 0 Å². The summed E-state index contributed by atoms with van der Waals surface area (Å²) in [6.07, 6.45) is 0.653. The van der Waals surface area contributed by atoms with Gasteiger partial charge in [-0.3, -0.25) is 4.79 Å². The molecule has 1 unspecified atom stereocenters. The molecule has 1 amide bonds. The summed E-state index contributed by atoms with van der Waals surface area (Å²) in [5.74, 6) is -0.0180. The van der Waals surface area contributed by atoms with Gasteiger partial charge in [0.25, 0.3) is 0 Å². The van der Waals surface area contributed by atoms with E-state index in [0.717, 1.165) is 10.4 Å². The lowest BCUT2D eigenvalue weighted by molar-refractivity contribution is -0.120. The van der Waals surface area contributed by atoms with E-state index in [0.29, 0.717) is 13.0 Å². The van der Waals surface area contributed by atoms with Gasteiger partial charge in [0.05, 0.1) is 11.8 Å². The summed E-state index contributed by atoms with van der Waals surface area (Å²) in [6.45, 7) is 0.586. The van der Waals surface area contributed by atoms with Crippen molar-refractivity contribution in [3.63, 3.8) is 0 Å². The number of hydrogen-bond donors (Lipinski definition) is 2. The molecule has 1 aromatic heterocycles. The van der Waals surface area contributed by atoms with Gasteiger partial charge in [-0.25, -0.2) is 0 Å². The molecule has 0 bridgehead atoms. The first-order valence-electron chi connectivity index (χ1n) is 5.78. The van der Waals surface area contributed by atoms with Crippen molar-refractivity contribution in [2.24, 2.45) is 0 Å². The van der Waals surface area contributed by atoms with Crippen molar-refractivity contribution < 1.29 is 4.79 Å². The molecule has 0 saturated carbocycles. The zero-order valence-corrected chi connectivity index (χ0v) is 11.6. The number of nitrogens with one attached hydrogen (secondary N) is 1. The van der Waals surface area contributed by atoms with Gasteiger partial charge in [0.2, 0.25) is 5.91 Å². The average Bonchev–Trinajstić information content (AvgIpc) is 2.90. The molecule has 2 aromatic rings. The molecule has 0 saturated heterocycles. The number of thiophene rings is 1. The summed E-state index contributed by atoms with van der Waals surface area (Å²) < 4.78 is 0. The normalized spacial score (nSPS) is 12.1. The Morgan fingerprint density at radius 1 is 1.22 bits per heavy atom. The predicted octanol–water partition coefficient (Wildman–Crippen LogP) is 2.91. The lowest BCUT2D eigenvalue weighted by atomic mass is 10.1. The predicted molar refractivity (Wildman–Crippen MR) is 79.1 cm³/mol. The summed E-state index contributed by atoms with van der Waals surface area (Å²) in [5, 5.41) is 4.61. The topological polar surface area (TPSA) is 29.1 Å². The van der Waals surface area contributed by atoms with E-state index in [4.69, 9.17) is 0 Å². The van der Waals surface area contributed by atoms with E-state index < -0.39 is 0 Å². The van der Waals surface area contributed by atoms with Gasteiger partial charge in [-0.2, -0.15) is 12.6 Å². The van der Waals surface area contributed by atoms with Gasteiger partial charge in [0.15, 0.2) is 0 Å². The van der Waals surface area contributed by atoms with Gasteiger partial charge in [-0.15, -0.1) is 11.3 Å². The Morgan fingerprint density at radius 2 is 2.00 bits per heavy atom. The highest BCUT2D eigenvalue weighted by atomic mass is 32.1. The largest absolute Gasteiger partial charge is 0.350 e. The zero-order valence-electron chi connectivity index (χ0n) is 9.87. The first kappa shape index (κ1) is 13.2. The molecule has 0 fully saturated rings. The first-order chi connectivity index (χ1) is 8.75. The van der Waals surface area contributed by atoms with Crippen LogP contribution in [-0.2, 0) is 17.8 Å². The monoisotopic (exact) mass is 277 g/mol. The molecule has 1 heterocycles. The Balaban J connectivity index is 1.82. The van der Waals surface area contributed by atoms with Crippen molar-refractivity contribution in [1.82, 2.24) is 5.32 Å². The molecule has 0 spiro atoms. The highest BCUT2D eigenvalue weighted by molar-refractivity contribution is 7.81. The van der Waals surface area contributed by atoms with Gasteiger partial charge in [0.1, 0.15) is 0 Å². The number of amides is 1. The maximum Gasteiger partial charge on any atom is 0.233 e. The van der Waals surface area contributed by atoms with Gasteiger partial charge in [0, 0.05) is 4.88 Å². The van der Waals surface area contributed by atoms with Crippen LogP contribution in [0.3, 0.4) is 0 Å². The molecule has 0 aliphatic heterocycles. The van der Waals surface area contributed by atoms with Crippen molar-refractivity contribution in [2.45, 2.75) is 18.2 Å². The molecule has 94 valence electrons. The summed E-state index contributed by atoms with van der Waals surface area (Å²) in [6, 6.07) is 13.9. The van der Waals surface area contributed by atoms with Crippen LogP contribution in [0, 0.1) is 0 Å². The van der Waals surface area contributed by atoms with E-state index in [2.05, 4.69) is 17.9 Å². The summed E-state index contributed by atoms with van der Waals surface area (Å²) in [7, 11) is 0. The Morgan fingerprint density at radius 3 is 2.67 bits per heavy atom. The quantitative estimate of drug-likeness (QED) is 0.809. The third-order valence-electron chi connectivity index (χ3n) is 2.59. The van der Waals surface area contributed by atoms with E-state index >= 15 is 0 Å². The standard InChI is InChI=1S/C14H15NOS2/c16-14(15-10-12-7-4-8-18-12)13(17)9-11-5-2-1-3-6-11/h1-8,13,17H,9-10H2,(H,15,16). The second-order valence-electron chi connectivity index (χ2n) is 4.00. The molecule has 1 atom stereocenters. The van der Waals surface area contributed by atoms with Crippen LogP contribution in [0.15, 0.2) is 47.8 Å². The number of carbonyl (C=O) groups excluding carboxylic acids is 1. The van der Waals surface area contributed by atoms with E-state index in [1.54, 1.807) is 11.3 Å². The van der Waals surface area contributed by atoms with Crippen LogP contribution < -0.4 is 5.32 Å². The van der Waals surface area contributed by atoms with Crippen LogP contribution in [0.1, 0.15) is 10.4 Å². The van der Waals surface area contributed by atoms with Gasteiger partial charge in [-0.05, 0) is 23.4 Å². The Kier molecular flexibility index (Phi) is 4.84. The summed E-state index contributed by atoms with van der Waals surface area (Å²) in [5.41, 5.74) is 1.13. The zero-order chi connectivity index (χ0) is 12.8. The third-order valence-corrected chi connectivity index (χ3v) is 3.88. The van der Waals surface area contributed by atoms with Crippen LogP contribution in [-0.4, -0.2) is 11.2 Å². The van der Waals surface area contributed by atoms with Crippen molar-refractivity contribution in [3.05, 3.63) is 58.3 Å². The Labute approximate surface area is 116 Å². The minimum absolute atomic E-state index is 0.0180. The van der Waals surface area contributed by atoms with Crippen LogP contribution in [0.2, 0.25) is 0 Å². The third kappa shape index (κ3) is 3.89. The molecule has 2 nitrogen and oxygen atoms in total. The lowest BCUT2D eigenvalue weighted by Crippen LogP contribution is -2.32. The van der Waals surface area contributed by atoms with Gasteiger partial charge < -0.3 is 5.32 Å². The second kappa shape index (κ2) is 6.61. The van der Waals surface area contributed by atoms with Gasteiger partial charge in [-0.1, -0.05) is 36.4 Å². The molecule has 1 aromatic carbocycles. The Bertz CT molecular complexity index is 482. The molecule has 4 heteroatoms. The molecule has 0 radical (unpaired) electrons. The number of hydrogen-bond acceptors (Lipinski definition) is 3. The van der Waals surface area contributed by atoms with Crippen LogP contribution in [0.5, 0.6) is 0 Å². The smallest absolute Gasteiger partial charge is 0.233 e. The molecule has 0 aliphatic rings. The SMILES string of the molecule is O=C(NCc1cccs1)C(S)Cc1ccccc1. The van der Waals surface area contributed by atoms with Crippen molar-refractivity contribution >= 4 is 29.9 Å². The lowest BCUT2D eigenvalue weighted by Gasteiger charge is -2.11. The maximum absolute atomic E-state index is 11.9. The van der Waals surface area contributed by atoms with Crippen molar-refractivity contribution in [1.29, 1.82) is 0 Å². The van der Waals surface area contributed by atoms with Gasteiger partial charge >= 0.3 is 0 Å². The fourth-order valence-corrected chi connectivity index (χ4v) is 2.58. The highest BCUT2D eigenvalue weighted by Gasteiger charge is 2.13. The molecule has 2 rings (SSSR count). The Hall–Kier alpha value is -1.26. The number of carbonyl (C=O) groups is 1. The van der Waals surface area contributed by atoms with Crippen molar-refractivity contribution in [3.8, 4) is 0 Å². The fourth-order valence-electron chi connectivity index (χ4n) is 1.64. The molecular weight excluding hydrogens is 262 g/mol. The fraction of sp³-hybridized carbons (Fsp3) is 0.214. The highest BCUT2D eigenvalue weighted by Crippen LogP contribution is 2.10. The average molecular weight is 277 g/mol. The molecule has 0 aliphatic carbocycles. The van der Waals surface area contributed by atoms with E-state index in [1.165, 1.54) is 0 Å². The molecule has 1 N–H and O–H groups in total. The molecular formula is C14H15NOS2. The van der Waals surface area contributed by atoms with E-state index in [-0.39, 0.29) is 11.2 Å². The van der Waals surface area contributed by atoms with Crippen molar-refractivity contribution in [2.75, 3.05) is 0 Å². The van der Waals surface area contributed by atoms with Crippen LogP contribution >= 0.6 is 24.0 Å². The molecule has 18 heavy (non-hydrogen) atoms. The van der Waals surface area contributed by atoms with E-state index in [9.17, 15) is 4.79 Å². The second-order valence-corrected chi connectivity index (χ2v) is 5.66. The minimum atomic E-state index is -0.299. The number of benzene rings is 1.